The van der Waals surface area contributed by atoms with E-state index in [0.29, 0.717) is 6.04 Å². The Kier molecular flexibility index (Phi) is 5.07. The van der Waals surface area contributed by atoms with E-state index in [1.807, 2.05) is 24.3 Å². The quantitative estimate of drug-likeness (QED) is 0.728. The summed E-state index contributed by atoms with van der Waals surface area (Å²) in [6, 6.07) is 10.7. The van der Waals surface area contributed by atoms with E-state index < -0.39 is 0 Å². The number of benzene rings is 1. The lowest BCUT2D eigenvalue weighted by atomic mass is 9.95. The molecule has 120 valence electrons. The van der Waals surface area contributed by atoms with Crippen molar-refractivity contribution in [1.82, 2.24) is 9.55 Å². The van der Waals surface area contributed by atoms with Crippen LogP contribution >= 0.6 is 11.8 Å². The summed E-state index contributed by atoms with van der Waals surface area (Å²) in [6.07, 6.45) is 6.53. The molecule has 1 fully saturated rings. The van der Waals surface area contributed by atoms with Gasteiger partial charge in [-0.3, -0.25) is 0 Å². The van der Waals surface area contributed by atoms with E-state index in [1.54, 1.807) is 11.8 Å². The van der Waals surface area contributed by atoms with Crippen LogP contribution in [0.2, 0.25) is 0 Å². The smallest absolute Gasteiger partial charge is 0.169 e. The summed E-state index contributed by atoms with van der Waals surface area (Å²) in [5.41, 5.74) is 4.29. The predicted molar refractivity (Wildman–Crippen MR) is 94.5 cm³/mol. The molecule has 0 bridgehead atoms. The maximum atomic E-state index is 9.24. The van der Waals surface area contributed by atoms with Crippen molar-refractivity contribution >= 4 is 11.8 Å². The molecule has 1 aliphatic rings. The van der Waals surface area contributed by atoms with E-state index >= 15 is 0 Å². The molecule has 0 spiro atoms. The van der Waals surface area contributed by atoms with Gasteiger partial charge in [-0.05, 0) is 38.3 Å². The maximum absolute atomic E-state index is 9.24. The average Bonchev–Trinajstić information content (AvgIpc) is 2.88. The number of aryl methyl sites for hydroxylation is 1. The Morgan fingerprint density at radius 1 is 1.22 bits per heavy atom. The van der Waals surface area contributed by atoms with Crippen LogP contribution in [0.5, 0.6) is 0 Å². The summed E-state index contributed by atoms with van der Waals surface area (Å²) < 4.78 is 2.45. The Balaban J connectivity index is 1.83. The van der Waals surface area contributed by atoms with Gasteiger partial charge >= 0.3 is 0 Å². The van der Waals surface area contributed by atoms with Crippen molar-refractivity contribution in [3.63, 3.8) is 0 Å². The van der Waals surface area contributed by atoms with Crippen molar-refractivity contribution in [2.24, 2.45) is 0 Å². The third kappa shape index (κ3) is 3.45. The zero-order valence-corrected chi connectivity index (χ0v) is 14.7. The lowest BCUT2D eigenvalue weighted by molar-refractivity contribution is 0.332. The largest absolute Gasteiger partial charge is 0.320 e. The van der Waals surface area contributed by atoms with Crippen LogP contribution in [0.15, 0.2) is 29.4 Å². The van der Waals surface area contributed by atoms with Gasteiger partial charge in [0.05, 0.1) is 17.3 Å². The van der Waals surface area contributed by atoms with Gasteiger partial charge in [-0.15, -0.1) is 0 Å². The first kappa shape index (κ1) is 16.1. The molecule has 0 unspecified atom stereocenters. The second-order valence-electron chi connectivity index (χ2n) is 6.28. The molecule has 0 N–H and O–H groups in total. The van der Waals surface area contributed by atoms with Crippen LogP contribution in [0, 0.1) is 25.2 Å². The molecule has 23 heavy (non-hydrogen) atoms. The van der Waals surface area contributed by atoms with Crippen molar-refractivity contribution in [1.29, 1.82) is 5.26 Å². The van der Waals surface area contributed by atoms with E-state index in [2.05, 4.69) is 24.5 Å². The van der Waals surface area contributed by atoms with E-state index in [9.17, 15) is 5.26 Å². The first-order chi connectivity index (χ1) is 11.2. The molecule has 2 aromatic rings. The number of aromatic nitrogens is 2. The summed E-state index contributed by atoms with van der Waals surface area (Å²) in [7, 11) is 0. The maximum Gasteiger partial charge on any atom is 0.169 e. The monoisotopic (exact) mass is 325 g/mol. The summed E-state index contributed by atoms with van der Waals surface area (Å²) >= 11 is 1.76. The molecule has 3 nitrogen and oxygen atoms in total. The van der Waals surface area contributed by atoms with Crippen molar-refractivity contribution in [2.45, 2.75) is 62.9 Å². The van der Waals surface area contributed by atoms with E-state index in [1.165, 1.54) is 37.8 Å². The molecule has 0 aliphatic heterocycles. The Labute approximate surface area is 142 Å². The minimum Gasteiger partial charge on any atom is -0.320 e. The number of thioether (sulfide) groups is 1. The summed E-state index contributed by atoms with van der Waals surface area (Å²) in [6.45, 7) is 4.28. The molecule has 1 aliphatic carbocycles. The van der Waals surface area contributed by atoms with Gasteiger partial charge < -0.3 is 4.57 Å². The van der Waals surface area contributed by atoms with Crippen molar-refractivity contribution in [2.75, 3.05) is 0 Å². The van der Waals surface area contributed by atoms with Crippen molar-refractivity contribution in [3.05, 3.63) is 46.8 Å². The zero-order valence-electron chi connectivity index (χ0n) is 13.9. The van der Waals surface area contributed by atoms with Crippen LogP contribution in [0.4, 0.5) is 0 Å². The van der Waals surface area contributed by atoms with E-state index in [0.717, 1.165) is 27.7 Å². The Bertz CT molecular complexity index is 721. The molecule has 0 amide bonds. The molecule has 1 aromatic carbocycles. The summed E-state index contributed by atoms with van der Waals surface area (Å²) in [4.78, 5) is 4.80. The highest BCUT2D eigenvalue weighted by Gasteiger charge is 2.22. The minimum absolute atomic E-state index is 0.596. The fraction of sp³-hybridized carbons (Fsp3) is 0.474. The number of hydrogen-bond acceptors (Lipinski definition) is 3. The normalized spacial score (nSPS) is 15.5. The van der Waals surface area contributed by atoms with Crippen LogP contribution in [0.25, 0.3) is 0 Å². The molecule has 4 heteroatoms. The SMILES string of the molecule is Cc1nc(SCc2ccccc2C#N)n(C2CCCCC2)c1C. The fourth-order valence-corrected chi connectivity index (χ4v) is 4.53. The molecule has 3 rings (SSSR count). The lowest BCUT2D eigenvalue weighted by Crippen LogP contribution is -2.15. The summed E-state index contributed by atoms with van der Waals surface area (Å²) in [5.74, 6) is 0.798. The highest BCUT2D eigenvalue weighted by Crippen LogP contribution is 2.35. The van der Waals surface area contributed by atoms with Crippen LogP contribution in [0.3, 0.4) is 0 Å². The lowest BCUT2D eigenvalue weighted by Gasteiger charge is -2.26. The minimum atomic E-state index is 0.596. The topological polar surface area (TPSA) is 41.6 Å². The van der Waals surface area contributed by atoms with Gasteiger partial charge in [-0.2, -0.15) is 5.26 Å². The molecule has 0 radical (unpaired) electrons. The number of nitriles is 1. The third-order valence-corrected chi connectivity index (χ3v) is 5.79. The first-order valence-corrected chi connectivity index (χ1v) is 9.35. The second kappa shape index (κ2) is 7.23. The standard InChI is InChI=1S/C19H23N3S/c1-14-15(2)22(18-10-4-3-5-11-18)19(21-14)23-13-17-9-7-6-8-16(17)12-20/h6-9,18H,3-5,10-11,13H2,1-2H3. The number of nitrogens with zero attached hydrogens (tertiary/aromatic N) is 3. The van der Waals surface area contributed by atoms with Gasteiger partial charge in [0.2, 0.25) is 0 Å². The Morgan fingerprint density at radius 3 is 2.70 bits per heavy atom. The molecule has 0 saturated heterocycles. The van der Waals surface area contributed by atoms with Gasteiger partial charge in [-0.1, -0.05) is 49.2 Å². The second-order valence-corrected chi connectivity index (χ2v) is 7.23. The third-order valence-electron chi connectivity index (χ3n) is 4.79. The first-order valence-electron chi connectivity index (χ1n) is 8.37. The van der Waals surface area contributed by atoms with Crippen molar-refractivity contribution < 1.29 is 0 Å². The van der Waals surface area contributed by atoms with Gasteiger partial charge in [0, 0.05) is 17.5 Å². The number of imidazole rings is 1. The molecule has 0 atom stereocenters. The highest BCUT2D eigenvalue weighted by atomic mass is 32.2. The Hall–Kier alpha value is -1.73. The van der Waals surface area contributed by atoms with Crippen LogP contribution < -0.4 is 0 Å². The van der Waals surface area contributed by atoms with Gasteiger partial charge in [0.15, 0.2) is 5.16 Å². The van der Waals surface area contributed by atoms with E-state index in [-0.39, 0.29) is 0 Å². The number of hydrogen-bond donors (Lipinski definition) is 0. The average molecular weight is 325 g/mol. The number of rotatable bonds is 4. The molecular formula is C19H23N3S. The Morgan fingerprint density at radius 2 is 1.96 bits per heavy atom. The molecule has 1 saturated carbocycles. The van der Waals surface area contributed by atoms with Crippen molar-refractivity contribution in [3.8, 4) is 6.07 Å². The highest BCUT2D eigenvalue weighted by molar-refractivity contribution is 7.98. The van der Waals surface area contributed by atoms with Gasteiger partial charge in [0.25, 0.3) is 0 Å². The van der Waals surface area contributed by atoms with Crippen LogP contribution in [-0.4, -0.2) is 9.55 Å². The molecule has 1 aromatic heterocycles. The van der Waals surface area contributed by atoms with Crippen LogP contribution in [-0.2, 0) is 5.75 Å². The van der Waals surface area contributed by atoms with Crippen LogP contribution in [0.1, 0.15) is 60.7 Å². The van der Waals surface area contributed by atoms with Gasteiger partial charge in [-0.25, -0.2) is 4.98 Å². The van der Waals surface area contributed by atoms with E-state index in [4.69, 9.17) is 4.98 Å². The molecule has 1 heterocycles. The fourth-order valence-electron chi connectivity index (χ4n) is 3.36. The molecular weight excluding hydrogens is 302 g/mol. The summed E-state index contributed by atoms with van der Waals surface area (Å²) in [5, 5.41) is 10.4. The zero-order chi connectivity index (χ0) is 16.2. The van der Waals surface area contributed by atoms with Gasteiger partial charge in [0.1, 0.15) is 0 Å². The predicted octanol–water partition coefficient (Wildman–Crippen LogP) is 5.17.